The second-order valence-electron chi connectivity index (χ2n) is 3.58. The van der Waals surface area contributed by atoms with Gasteiger partial charge in [0.2, 0.25) is 0 Å². The first-order valence-electron chi connectivity index (χ1n) is 5.10. The lowest BCUT2D eigenvalue weighted by atomic mass is 10.3. The standard InChI is InChI=1S/C11H9Br2NO3S2/c12-8-2-1-3-9(13)11(8)14-19(16,17)10-5-4-7(6-15)18-10/h1-5,14-15H,6H2. The molecule has 19 heavy (non-hydrogen) atoms. The monoisotopic (exact) mass is 425 g/mol. The van der Waals surface area contributed by atoms with Gasteiger partial charge in [-0.2, -0.15) is 0 Å². The summed E-state index contributed by atoms with van der Waals surface area (Å²) in [6.45, 7) is -0.168. The Bertz CT molecular complexity index is 677. The highest BCUT2D eigenvalue weighted by Crippen LogP contribution is 2.33. The number of nitrogens with one attached hydrogen (secondary N) is 1. The van der Waals surface area contributed by atoms with E-state index in [2.05, 4.69) is 36.6 Å². The molecule has 2 aromatic rings. The minimum absolute atomic E-state index is 0.166. The van der Waals surface area contributed by atoms with Gasteiger partial charge in [0.15, 0.2) is 0 Å². The summed E-state index contributed by atoms with van der Waals surface area (Å²) in [5, 5.41) is 8.97. The Morgan fingerprint density at radius 2 is 1.79 bits per heavy atom. The first kappa shape index (κ1) is 15.0. The van der Waals surface area contributed by atoms with E-state index >= 15 is 0 Å². The van der Waals surface area contributed by atoms with E-state index in [0.717, 1.165) is 11.3 Å². The van der Waals surface area contributed by atoms with Gasteiger partial charge in [0.25, 0.3) is 10.0 Å². The van der Waals surface area contributed by atoms with Crippen molar-refractivity contribution in [2.45, 2.75) is 10.8 Å². The number of hydrogen-bond acceptors (Lipinski definition) is 4. The molecule has 0 bridgehead atoms. The summed E-state index contributed by atoms with van der Waals surface area (Å²) in [5.41, 5.74) is 0.446. The second kappa shape index (κ2) is 5.92. The summed E-state index contributed by atoms with van der Waals surface area (Å²) < 4.78 is 28.4. The molecule has 0 saturated heterocycles. The molecule has 1 aromatic carbocycles. The molecule has 0 amide bonds. The van der Waals surface area contributed by atoms with Gasteiger partial charge in [0.1, 0.15) is 4.21 Å². The van der Waals surface area contributed by atoms with Crippen LogP contribution >= 0.6 is 43.2 Å². The minimum atomic E-state index is -3.65. The number of para-hydroxylation sites is 1. The Morgan fingerprint density at radius 3 is 2.32 bits per heavy atom. The quantitative estimate of drug-likeness (QED) is 0.785. The van der Waals surface area contributed by atoms with Crippen molar-refractivity contribution in [1.82, 2.24) is 0 Å². The van der Waals surface area contributed by atoms with E-state index in [-0.39, 0.29) is 10.8 Å². The zero-order valence-electron chi connectivity index (χ0n) is 9.43. The molecule has 102 valence electrons. The van der Waals surface area contributed by atoms with Crippen molar-refractivity contribution < 1.29 is 13.5 Å². The molecule has 8 heteroatoms. The summed E-state index contributed by atoms with van der Waals surface area (Å²) in [6, 6.07) is 8.35. The summed E-state index contributed by atoms with van der Waals surface area (Å²) in [5.74, 6) is 0. The fourth-order valence-corrected chi connectivity index (χ4v) is 5.14. The fourth-order valence-electron chi connectivity index (χ4n) is 1.37. The molecule has 0 aliphatic carbocycles. The van der Waals surface area contributed by atoms with Crippen LogP contribution in [0, 0.1) is 0 Å². The Hall–Kier alpha value is -0.410. The minimum Gasteiger partial charge on any atom is -0.391 e. The highest BCUT2D eigenvalue weighted by molar-refractivity contribution is 9.11. The highest BCUT2D eigenvalue weighted by atomic mass is 79.9. The number of thiophene rings is 1. The Balaban J connectivity index is 2.36. The van der Waals surface area contributed by atoms with Crippen molar-refractivity contribution in [3.8, 4) is 0 Å². The van der Waals surface area contributed by atoms with Crippen molar-refractivity contribution in [3.05, 3.63) is 44.2 Å². The van der Waals surface area contributed by atoms with Crippen molar-refractivity contribution in [2.24, 2.45) is 0 Å². The number of halogens is 2. The summed E-state index contributed by atoms with van der Waals surface area (Å²) >= 11 is 7.64. The molecule has 1 aromatic heterocycles. The van der Waals surface area contributed by atoms with Gasteiger partial charge in [-0.05, 0) is 56.1 Å². The van der Waals surface area contributed by atoms with E-state index in [0.29, 0.717) is 19.5 Å². The molecular formula is C11H9Br2NO3S2. The van der Waals surface area contributed by atoms with Crippen molar-refractivity contribution >= 4 is 58.9 Å². The number of aliphatic hydroxyl groups excluding tert-OH is 1. The normalized spacial score (nSPS) is 11.5. The molecule has 0 fully saturated rings. The molecule has 0 unspecified atom stereocenters. The third-order valence-electron chi connectivity index (χ3n) is 2.26. The Kier molecular flexibility index (Phi) is 4.67. The van der Waals surface area contributed by atoms with Crippen LogP contribution in [0.15, 0.2) is 43.5 Å². The zero-order chi connectivity index (χ0) is 14.0. The van der Waals surface area contributed by atoms with Gasteiger partial charge < -0.3 is 5.11 Å². The van der Waals surface area contributed by atoms with E-state index in [4.69, 9.17) is 5.11 Å². The summed E-state index contributed by atoms with van der Waals surface area (Å²) in [6.07, 6.45) is 0. The molecule has 0 saturated carbocycles. The molecule has 4 nitrogen and oxygen atoms in total. The van der Waals surface area contributed by atoms with Crippen LogP contribution in [0.1, 0.15) is 4.88 Å². The van der Waals surface area contributed by atoms with Crippen LogP contribution in [0.5, 0.6) is 0 Å². The van der Waals surface area contributed by atoms with Crippen LogP contribution in [-0.2, 0) is 16.6 Å². The van der Waals surface area contributed by atoms with E-state index in [1.54, 1.807) is 24.3 Å². The lowest BCUT2D eigenvalue weighted by Crippen LogP contribution is -2.12. The maximum Gasteiger partial charge on any atom is 0.271 e. The van der Waals surface area contributed by atoms with Crippen LogP contribution in [0.2, 0.25) is 0 Å². The topological polar surface area (TPSA) is 66.4 Å². The molecule has 2 N–H and O–H groups in total. The number of hydrogen-bond donors (Lipinski definition) is 2. The third-order valence-corrected chi connectivity index (χ3v) is 6.49. The SMILES string of the molecule is O=S(=O)(Nc1c(Br)cccc1Br)c1ccc(CO)s1. The largest absolute Gasteiger partial charge is 0.391 e. The zero-order valence-corrected chi connectivity index (χ0v) is 14.2. The second-order valence-corrected chi connectivity index (χ2v) is 8.37. The Morgan fingerprint density at radius 1 is 1.16 bits per heavy atom. The van der Waals surface area contributed by atoms with Gasteiger partial charge in [0.05, 0.1) is 12.3 Å². The van der Waals surface area contributed by atoms with Crippen LogP contribution < -0.4 is 4.72 Å². The van der Waals surface area contributed by atoms with Gasteiger partial charge in [-0.15, -0.1) is 11.3 Å². The average molecular weight is 427 g/mol. The van der Waals surface area contributed by atoms with Crippen LogP contribution in [0.25, 0.3) is 0 Å². The molecule has 0 atom stereocenters. The third kappa shape index (κ3) is 3.38. The number of benzene rings is 1. The summed E-state index contributed by atoms with van der Waals surface area (Å²) in [7, 11) is -3.65. The molecule has 0 spiro atoms. The van der Waals surface area contributed by atoms with Crippen LogP contribution in [0.4, 0.5) is 5.69 Å². The van der Waals surface area contributed by atoms with Crippen molar-refractivity contribution in [2.75, 3.05) is 4.72 Å². The Labute approximate surface area is 131 Å². The van der Waals surface area contributed by atoms with E-state index in [9.17, 15) is 8.42 Å². The van der Waals surface area contributed by atoms with E-state index in [1.807, 2.05) is 0 Å². The maximum absolute atomic E-state index is 12.2. The van der Waals surface area contributed by atoms with Crippen LogP contribution in [-0.4, -0.2) is 13.5 Å². The van der Waals surface area contributed by atoms with Gasteiger partial charge in [0, 0.05) is 13.8 Å². The lowest BCUT2D eigenvalue weighted by molar-refractivity contribution is 0.285. The molecular weight excluding hydrogens is 418 g/mol. The van der Waals surface area contributed by atoms with Crippen LogP contribution in [0.3, 0.4) is 0 Å². The maximum atomic E-state index is 12.2. The smallest absolute Gasteiger partial charge is 0.271 e. The van der Waals surface area contributed by atoms with Crippen molar-refractivity contribution in [1.29, 1.82) is 0 Å². The van der Waals surface area contributed by atoms with Crippen molar-refractivity contribution in [3.63, 3.8) is 0 Å². The predicted octanol–water partition coefficient (Wildman–Crippen LogP) is 3.57. The van der Waals surface area contributed by atoms with E-state index in [1.165, 1.54) is 6.07 Å². The molecule has 0 aliphatic rings. The highest BCUT2D eigenvalue weighted by Gasteiger charge is 2.19. The molecule has 1 heterocycles. The fraction of sp³-hybridized carbons (Fsp3) is 0.0909. The number of aliphatic hydroxyl groups is 1. The molecule has 0 aliphatic heterocycles. The van der Waals surface area contributed by atoms with Gasteiger partial charge >= 0.3 is 0 Å². The number of rotatable bonds is 4. The first-order chi connectivity index (χ1) is 8.94. The number of anilines is 1. The van der Waals surface area contributed by atoms with E-state index < -0.39 is 10.0 Å². The van der Waals surface area contributed by atoms with Gasteiger partial charge in [-0.1, -0.05) is 6.07 Å². The average Bonchev–Trinajstić information content (AvgIpc) is 2.83. The number of sulfonamides is 1. The molecule has 0 radical (unpaired) electrons. The first-order valence-corrected chi connectivity index (χ1v) is 8.99. The van der Waals surface area contributed by atoms with Gasteiger partial charge in [-0.25, -0.2) is 8.42 Å². The summed E-state index contributed by atoms with van der Waals surface area (Å²) in [4.78, 5) is 0.603. The molecule has 2 rings (SSSR count). The predicted molar refractivity (Wildman–Crippen MR) is 82.9 cm³/mol. The van der Waals surface area contributed by atoms with Gasteiger partial charge in [-0.3, -0.25) is 4.72 Å². The lowest BCUT2D eigenvalue weighted by Gasteiger charge is -2.10.